The zero-order chi connectivity index (χ0) is 21.7. The Labute approximate surface area is 185 Å². The molecule has 0 amide bonds. The second kappa shape index (κ2) is 8.22. The maximum Gasteiger partial charge on any atom is 0.0547 e. The minimum Gasteiger partial charge on any atom is -0.396 e. The standard InChI is InChI=1S/C28H48O2/c1-19(2)7-6-8-20(3)23-9-10-24-22-12-16-28(18-29)17-21(30)11-15-27(28,5)25(22)13-14-26(23,24)4/h19-21,23-24,29-30H,6-18H2,1-5H3/t20-,21+,23-,24+,26-,27-,28+/m1/s1. The number of hydrogen-bond donors (Lipinski definition) is 2. The summed E-state index contributed by atoms with van der Waals surface area (Å²) >= 11 is 0. The largest absolute Gasteiger partial charge is 0.396 e. The summed E-state index contributed by atoms with van der Waals surface area (Å²) in [6.45, 7) is 12.6. The highest BCUT2D eigenvalue weighted by molar-refractivity contribution is 5.36. The highest BCUT2D eigenvalue weighted by atomic mass is 16.3. The summed E-state index contributed by atoms with van der Waals surface area (Å²) in [5, 5.41) is 20.9. The number of aliphatic hydroxyl groups excluding tert-OH is 2. The zero-order valence-electron chi connectivity index (χ0n) is 20.5. The van der Waals surface area contributed by atoms with Gasteiger partial charge < -0.3 is 10.2 Å². The van der Waals surface area contributed by atoms with Crippen LogP contribution in [-0.4, -0.2) is 22.9 Å². The SMILES string of the molecule is CC(C)CCC[C@@H](C)[C@H]1CC[C@H]2C3=C(CC[C@]12C)[C@@]1(C)CC[C@H](O)C[C@]1(CO)CC3. The van der Waals surface area contributed by atoms with Crippen molar-refractivity contribution in [3.05, 3.63) is 11.1 Å². The minimum atomic E-state index is -0.219. The van der Waals surface area contributed by atoms with Gasteiger partial charge in [-0.3, -0.25) is 0 Å². The summed E-state index contributed by atoms with van der Waals surface area (Å²) in [6, 6.07) is 0. The maximum atomic E-state index is 10.5. The lowest BCUT2D eigenvalue weighted by Crippen LogP contribution is -2.54. The van der Waals surface area contributed by atoms with Gasteiger partial charge in [-0.1, -0.05) is 65.0 Å². The van der Waals surface area contributed by atoms with Crippen LogP contribution in [-0.2, 0) is 0 Å². The Morgan fingerprint density at radius 1 is 0.967 bits per heavy atom. The molecule has 0 aliphatic heterocycles. The van der Waals surface area contributed by atoms with Crippen molar-refractivity contribution < 1.29 is 10.2 Å². The van der Waals surface area contributed by atoms with Crippen LogP contribution < -0.4 is 0 Å². The number of fused-ring (bicyclic) bond motifs is 4. The monoisotopic (exact) mass is 416 g/mol. The van der Waals surface area contributed by atoms with E-state index in [0.717, 1.165) is 49.4 Å². The first-order valence-electron chi connectivity index (χ1n) is 13.2. The van der Waals surface area contributed by atoms with Crippen LogP contribution in [0.3, 0.4) is 0 Å². The van der Waals surface area contributed by atoms with Crippen LogP contribution in [0.15, 0.2) is 11.1 Å². The predicted molar refractivity (Wildman–Crippen MR) is 125 cm³/mol. The van der Waals surface area contributed by atoms with Gasteiger partial charge in [-0.15, -0.1) is 0 Å². The van der Waals surface area contributed by atoms with Crippen molar-refractivity contribution in [2.75, 3.05) is 6.61 Å². The molecule has 172 valence electrons. The quantitative estimate of drug-likeness (QED) is 0.463. The lowest BCUT2D eigenvalue weighted by atomic mass is 9.45. The molecule has 2 nitrogen and oxygen atoms in total. The van der Waals surface area contributed by atoms with Crippen LogP contribution in [0.4, 0.5) is 0 Å². The lowest BCUT2D eigenvalue weighted by Gasteiger charge is -2.60. The van der Waals surface area contributed by atoms with Gasteiger partial charge in [-0.2, -0.15) is 0 Å². The van der Waals surface area contributed by atoms with Gasteiger partial charge in [0.2, 0.25) is 0 Å². The molecule has 0 heterocycles. The van der Waals surface area contributed by atoms with Gasteiger partial charge in [0.25, 0.3) is 0 Å². The Balaban J connectivity index is 1.58. The van der Waals surface area contributed by atoms with Crippen molar-refractivity contribution in [3.63, 3.8) is 0 Å². The van der Waals surface area contributed by atoms with Gasteiger partial charge in [0, 0.05) is 12.0 Å². The molecule has 2 N–H and O–H groups in total. The number of rotatable bonds is 6. The first kappa shape index (κ1) is 22.8. The normalized spacial score (nSPS) is 44.6. The van der Waals surface area contributed by atoms with Crippen molar-refractivity contribution in [3.8, 4) is 0 Å². The molecule has 2 saturated carbocycles. The Morgan fingerprint density at radius 3 is 2.43 bits per heavy atom. The average molecular weight is 417 g/mol. The molecular weight excluding hydrogens is 368 g/mol. The first-order chi connectivity index (χ1) is 14.2. The summed E-state index contributed by atoms with van der Waals surface area (Å²) in [5.41, 5.74) is 4.05. The Morgan fingerprint density at radius 2 is 1.73 bits per heavy atom. The third kappa shape index (κ3) is 3.43. The molecule has 0 aromatic rings. The summed E-state index contributed by atoms with van der Waals surface area (Å²) in [7, 11) is 0. The molecule has 0 aromatic carbocycles. The third-order valence-electron chi connectivity index (χ3n) is 10.9. The molecule has 0 spiro atoms. The van der Waals surface area contributed by atoms with Crippen LogP contribution in [0.25, 0.3) is 0 Å². The van der Waals surface area contributed by atoms with Crippen LogP contribution in [0.1, 0.15) is 112 Å². The van der Waals surface area contributed by atoms with Gasteiger partial charge in [0.1, 0.15) is 0 Å². The van der Waals surface area contributed by atoms with E-state index in [1.54, 1.807) is 5.57 Å². The molecule has 0 bridgehead atoms. The molecule has 0 saturated heterocycles. The summed E-state index contributed by atoms with van der Waals surface area (Å²) in [5.74, 6) is 3.34. The van der Waals surface area contributed by atoms with E-state index in [4.69, 9.17) is 0 Å². The van der Waals surface area contributed by atoms with Gasteiger partial charge >= 0.3 is 0 Å². The number of hydrogen-bond acceptors (Lipinski definition) is 2. The van der Waals surface area contributed by atoms with Crippen molar-refractivity contribution in [1.82, 2.24) is 0 Å². The highest BCUT2D eigenvalue weighted by Crippen LogP contribution is 2.68. The second-order valence-electron chi connectivity index (χ2n) is 12.7. The average Bonchev–Trinajstić information content (AvgIpc) is 3.05. The molecule has 30 heavy (non-hydrogen) atoms. The predicted octanol–water partition coefficient (Wildman–Crippen LogP) is 6.90. The number of aliphatic hydroxyl groups is 2. The van der Waals surface area contributed by atoms with E-state index in [1.807, 2.05) is 5.57 Å². The van der Waals surface area contributed by atoms with E-state index in [9.17, 15) is 10.2 Å². The van der Waals surface area contributed by atoms with Crippen molar-refractivity contribution in [1.29, 1.82) is 0 Å². The Hall–Kier alpha value is -0.340. The molecule has 7 atom stereocenters. The second-order valence-corrected chi connectivity index (χ2v) is 12.7. The molecule has 4 rings (SSSR count). The summed E-state index contributed by atoms with van der Waals surface area (Å²) in [6.07, 6.45) is 14.4. The topological polar surface area (TPSA) is 40.5 Å². The van der Waals surface area contributed by atoms with Crippen LogP contribution in [0, 0.1) is 39.9 Å². The molecule has 2 fully saturated rings. The lowest BCUT2D eigenvalue weighted by molar-refractivity contribution is -0.0887. The van der Waals surface area contributed by atoms with Crippen LogP contribution in [0.2, 0.25) is 0 Å². The Bertz CT molecular complexity index is 666. The van der Waals surface area contributed by atoms with Gasteiger partial charge in [-0.05, 0) is 92.3 Å². The van der Waals surface area contributed by atoms with E-state index in [1.165, 1.54) is 51.4 Å². The summed E-state index contributed by atoms with van der Waals surface area (Å²) < 4.78 is 0. The Kier molecular flexibility index (Phi) is 6.26. The fourth-order valence-electron chi connectivity index (χ4n) is 8.94. The highest BCUT2D eigenvalue weighted by Gasteiger charge is 2.60. The van der Waals surface area contributed by atoms with Crippen LogP contribution in [0.5, 0.6) is 0 Å². The first-order valence-corrected chi connectivity index (χ1v) is 13.2. The molecule has 0 aromatic heterocycles. The zero-order valence-corrected chi connectivity index (χ0v) is 20.5. The van der Waals surface area contributed by atoms with E-state index < -0.39 is 0 Å². The van der Waals surface area contributed by atoms with Gasteiger partial charge in [0.05, 0.1) is 6.10 Å². The summed E-state index contributed by atoms with van der Waals surface area (Å²) in [4.78, 5) is 0. The van der Waals surface area contributed by atoms with E-state index in [2.05, 4.69) is 34.6 Å². The number of allylic oxidation sites excluding steroid dienone is 2. The minimum absolute atomic E-state index is 0.0839. The molecule has 0 radical (unpaired) electrons. The molecule has 2 heteroatoms. The molecule has 0 unspecified atom stereocenters. The molecule has 4 aliphatic rings. The fourth-order valence-corrected chi connectivity index (χ4v) is 8.94. The van der Waals surface area contributed by atoms with E-state index in [0.29, 0.717) is 5.41 Å². The van der Waals surface area contributed by atoms with Crippen molar-refractivity contribution >= 4 is 0 Å². The maximum absolute atomic E-state index is 10.5. The third-order valence-corrected chi connectivity index (χ3v) is 10.9. The van der Waals surface area contributed by atoms with Crippen molar-refractivity contribution in [2.45, 2.75) is 118 Å². The molecule has 4 aliphatic carbocycles. The van der Waals surface area contributed by atoms with Crippen molar-refractivity contribution in [2.24, 2.45) is 39.9 Å². The smallest absolute Gasteiger partial charge is 0.0547 e. The van der Waals surface area contributed by atoms with E-state index in [-0.39, 0.29) is 23.5 Å². The van der Waals surface area contributed by atoms with E-state index >= 15 is 0 Å². The van der Waals surface area contributed by atoms with Gasteiger partial charge in [-0.25, -0.2) is 0 Å². The molecular formula is C28H48O2. The van der Waals surface area contributed by atoms with Gasteiger partial charge in [0.15, 0.2) is 0 Å². The van der Waals surface area contributed by atoms with Crippen LogP contribution >= 0.6 is 0 Å². The fraction of sp³-hybridized carbons (Fsp3) is 0.929.